The first kappa shape index (κ1) is 19.4. The number of rotatable bonds is 3. The van der Waals surface area contributed by atoms with E-state index in [1.54, 1.807) is 0 Å². The summed E-state index contributed by atoms with van der Waals surface area (Å²) >= 11 is 6.68. The number of nitrogens with two attached hydrogens (primary N) is 1. The first-order valence-corrected chi connectivity index (χ1v) is 9.05. The Hall–Kier alpha value is -0.900. The fourth-order valence-corrected chi connectivity index (χ4v) is 3.94. The van der Waals surface area contributed by atoms with Crippen molar-refractivity contribution < 1.29 is 4.92 Å². The van der Waals surface area contributed by atoms with Gasteiger partial charge < -0.3 is 15.2 Å². The van der Waals surface area contributed by atoms with E-state index in [4.69, 9.17) is 5.73 Å². The largest absolute Gasteiger partial charge is 0.341 e. The summed E-state index contributed by atoms with van der Waals surface area (Å²) in [4.78, 5) is 17.8. The minimum atomic E-state index is -0.393. The van der Waals surface area contributed by atoms with Crippen molar-refractivity contribution in [3.05, 3.63) is 25.1 Å². The lowest BCUT2D eigenvalue weighted by Crippen LogP contribution is -2.43. The SMILES string of the molecule is CCn1c(N2CCCC(N)C2)nc2c([N+](=O)[O-])c(Br)c(Br)cc21.Cl. The predicted molar refractivity (Wildman–Crippen MR) is 104 cm³/mol. The summed E-state index contributed by atoms with van der Waals surface area (Å²) < 4.78 is 3.07. The average molecular weight is 484 g/mol. The second-order valence-electron chi connectivity index (χ2n) is 5.65. The molecule has 1 aromatic carbocycles. The van der Waals surface area contributed by atoms with Gasteiger partial charge >= 0.3 is 5.69 Å². The van der Waals surface area contributed by atoms with Gasteiger partial charge in [0.05, 0.1) is 10.4 Å². The molecule has 3 rings (SSSR count). The van der Waals surface area contributed by atoms with E-state index in [1.165, 1.54) is 0 Å². The van der Waals surface area contributed by atoms with E-state index in [0.29, 0.717) is 21.0 Å². The Kier molecular flexibility index (Phi) is 6.11. The number of anilines is 1. The highest BCUT2D eigenvalue weighted by atomic mass is 79.9. The lowest BCUT2D eigenvalue weighted by Gasteiger charge is -2.31. The number of aryl methyl sites for hydroxylation is 1. The molecule has 0 saturated carbocycles. The monoisotopic (exact) mass is 481 g/mol. The number of nitrogens with zero attached hydrogens (tertiary/aromatic N) is 4. The van der Waals surface area contributed by atoms with Crippen molar-refractivity contribution in [2.75, 3.05) is 18.0 Å². The minimum Gasteiger partial charge on any atom is -0.341 e. The van der Waals surface area contributed by atoms with Crippen molar-refractivity contribution in [2.45, 2.75) is 32.4 Å². The highest BCUT2D eigenvalue weighted by Crippen LogP contribution is 2.40. The molecular formula is C14H18Br2ClN5O2. The van der Waals surface area contributed by atoms with Crippen LogP contribution in [0.25, 0.3) is 11.0 Å². The standard InChI is InChI=1S/C14H17Br2N5O2.ClH/c1-2-20-10-6-9(15)11(16)13(21(22)23)12(10)18-14(20)19-5-3-4-8(17)7-19;/h6,8H,2-5,7,17H2,1H3;1H. The Morgan fingerprint density at radius 2 is 2.21 bits per heavy atom. The quantitative estimate of drug-likeness (QED) is 0.529. The Balaban J connectivity index is 0.00000208. The normalized spacial score (nSPS) is 17.8. The van der Waals surface area contributed by atoms with Gasteiger partial charge in [-0.25, -0.2) is 4.98 Å². The molecule has 10 heteroatoms. The summed E-state index contributed by atoms with van der Waals surface area (Å²) in [6.07, 6.45) is 2.00. The van der Waals surface area contributed by atoms with Gasteiger partial charge in [0.1, 0.15) is 4.47 Å². The van der Waals surface area contributed by atoms with Crippen LogP contribution in [0.4, 0.5) is 11.6 Å². The molecule has 0 bridgehead atoms. The number of imidazole rings is 1. The number of aromatic nitrogens is 2. The van der Waals surface area contributed by atoms with Crippen molar-refractivity contribution in [3.63, 3.8) is 0 Å². The molecule has 1 fully saturated rings. The van der Waals surface area contributed by atoms with E-state index in [2.05, 4.69) is 41.7 Å². The molecule has 24 heavy (non-hydrogen) atoms. The van der Waals surface area contributed by atoms with E-state index in [0.717, 1.165) is 37.4 Å². The van der Waals surface area contributed by atoms with Crippen LogP contribution in [0.2, 0.25) is 0 Å². The number of halogens is 3. The number of fused-ring (bicyclic) bond motifs is 1. The number of piperidine rings is 1. The molecule has 0 aliphatic carbocycles. The van der Waals surface area contributed by atoms with Crippen molar-refractivity contribution in [2.24, 2.45) is 5.73 Å². The molecule has 1 atom stereocenters. The number of nitro benzene ring substituents is 1. The van der Waals surface area contributed by atoms with Crippen LogP contribution in [0.1, 0.15) is 19.8 Å². The Morgan fingerprint density at radius 1 is 1.50 bits per heavy atom. The van der Waals surface area contributed by atoms with Gasteiger partial charge in [0.15, 0.2) is 5.52 Å². The molecule has 2 N–H and O–H groups in total. The van der Waals surface area contributed by atoms with Gasteiger partial charge in [-0.2, -0.15) is 0 Å². The van der Waals surface area contributed by atoms with E-state index in [1.807, 2.05) is 17.6 Å². The molecule has 132 valence electrons. The maximum atomic E-state index is 11.5. The van der Waals surface area contributed by atoms with Crippen LogP contribution in [-0.4, -0.2) is 33.6 Å². The molecule has 1 aliphatic heterocycles. The molecule has 7 nitrogen and oxygen atoms in total. The molecular weight excluding hydrogens is 465 g/mol. The van der Waals surface area contributed by atoms with Crippen molar-refractivity contribution in [3.8, 4) is 0 Å². The lowest BCUT2D eigenvalue weighted by atomic mass is 10.1. The topological polar surface area (TPSA) is 90.2 Å². The summed E-state index contributed by atoms with van der Waals surface area (Å²) in [5.41, 5.74) is 7.22. The van der Waals surface area contributed by atoms with Crippen LogP contribution in [0.3, 0.4) is 0 Å². The van der Waals surface area contributed by atoms with Crippen LogP contribution in [-0.2, 0) is 6.54 Å². The smallest absolute Gasteiger partial charge is 0.312 e. The first-order valence-electron chi connectivity index (χ1n) is 7.47. The van der Waals surface area contributed by atoms with Crippen LogP contribution < -0.4 is 10.6 Å². The zero-order valence-corrected chi connectivity index (χ0v) is 17.0. The molecule has 0 radical (unpaired) electrons. The van der Waals surface area contributed by atoms with Gasteiger partial charge in [-0.1, -0.05) is 0 Å². The highest BCUT2D eigenvalue weighted by molar-refractivity contribution is 9.13. The summed E-state index contributed by atoms with van der Waals surface area (Å²) in [5.74, 6) is 0.755. The third-order valence-electron chi connectivity index (χ3n) is 4.13. The fourth-order valence-electron chi connectivity index (χ4n) is 3.09. The molecule has 1 aromatic heterocycles. The summed E-state index contributed by atoms with van der Waals surface area (Å²) in [6.45, 7) is 4.28. The number of hydrogen-bond acceptors (Lipinski definition) is 5. The van der Waals surface area contributed by atoms with Gasteiger partial charge in [-0.05, 0) is 57.7 Å². The van der Waals surface area contributed by atoms with Gasteiger partial charge in [-0.15, -0.1) is 12.4 Å². The van der Waals surface area contributed by atoms with E-state index >= 15 is 0 Å². The van der Waals surface area contributed by atoms with Gasteiger partial charge in [0, 0.05) is 30.1 Å². The summed E-state index contributed by atoms with van der Waals surface area (Å²) in [7, 11) is 0. The molecule has 0 amide bonds. The molecule has 1 saturated heterocycles. The van der Waals surface area contributed by atoms with Crippen molar-refractivity contribution in [1.82, 2.24) is 9.55 Å². The second kappa shape index (κ2) is 7.55. The van der Waals surface area contributed by atoms with Crippen LogP contribution >= 0.6 is 44.3 Å². The van der Waals surface area contributed by atoms with Crippen molar-refractivity contribution in [1.29, 1.82) is 0 Å². The average Bonchev–Trinajstić information content (AvgIpc) is 2.85. The molecule has 2 heterocycles. The highest BCUT2D eigenvalue weighted by Gasteiger charge is 2.28. The number of hydrogen-bond donors (Lipinski definition) is 1. The minimum absolute atomic E-state index is 0. The maximum Gasteiger partial charge on any atom is 0.312 e. The Labute approximate surface area is 162 Å². The van der Waals surface area contributed by atoms with Gasteiger partial charge in [-0.3, -0.25) is 10.1 Å². The molecule has 0 spiro atoms. The first-order chi connectivity index (χ1) is 10.9. The van der Waals surface area contributed by atoms with E-state index in [9.17, 15) is 10.1 Å². The Morgan fingerprint density at radius 3 is 2.79 bits per heavy atom. The maximum absolute atomic E-state index is 11.5. The molecule has 1 aliphatic rings. The fraction of sp³-hybridized carbons (Fsp3) is 0.500. The predicted octanol–water partition coefficient (Wildman–Crippen LogP) is 3.84. The molecule has 1 unspecified atom stereocenters. The summed E-state index contributed by atoms with van der Waals surface area (Å²) in [5, 5.41) is 11.5. The van der Waals surface area contributed by atoms with Crippen LogP contribution in [0.5, 0.6) is 0 Å². The third kappa shape index (κ3) is 3.26. The zero-order chi connectivity index (χ0) is 16.7. The van der Waals surface area contributed by atoms with Gasteiger partial charge in [0.25, 0.3) is 0 Å². The van der Waals surface area contributed by atoms with E-state index < -0.39 is 4.92 Å². The van der Waals surface area contributed by atoms with Gasteiger partial charge in [0.2, 0.25) is 5.95 Å². The number of nitro groups is 1. The Bertz CT molecular complexity index is 782. The van der Waals surface area contributed by atoms with Crippen LogP contribution in [0, 0.1) is 10.1 Å². The lowest BCUT2D eigenvalue weighted by molar-refractivity contribution is -0.384. The van der Waals surface area contributed by atoms with Crippen molar-refractivity contribution >= 4 is 66.9 Å². The second-order valence-corrected chi connectivity index (χ2v) is 7.30. The third-order valence-corrected chi connectivity index (χ3v) is 6.09. The summed E-state index contributed by atoms with van der Waals surface area (Å²) in [6, 6.07) is 1.98. The zero-order valence-electron chi connectivity index (χ0n) is 13.0. The van der Waals surface area contributed by atoms with E-state index in [-0.39, 0.29) is 24.1 Å². The van der Waals surface area contributed by atoms with Crippen LogP contribution in [0.15, 0.2) is 15.0 Å². The number of benzene rings is 1. The molecule has 2 aromatic rings.